The topological polar surface area (TPSA) is 40.5 Å². The van der Waals surface area contributed by atoms with E-state index < -0.39 is 0 Å². The number of halogens is 2. The molecule has 3 nitrogen and oxygen atoms in total. The molecule has 1 heterocycles. The van der Waals surface area contributed by atoms with Crippen LogP contribution in [0, 0.1) is 5.92 Å². The fraction of sp³-hybridized carbons (Fsp3) is 0.533. The molecule has 0 spiro atoms. The Kier molecular flexibility index (Phi) is 5.30. The van der Waals surface area contributed by atoms with Gasteiger partial charge in [0.05, 0.1) is 12.5 Å². The van der Waals surface area contributed by atoms with Gasteiger partial charge in [-0.2, -0.15) is 0 Å². The molecule has 20 heavy (non-hydrogen) atoms. The summed E-state index contributed by atoms with van der Waals surface area (Å²) in [6.07, 6.45) is 1.63. The molecule has 1 aromatic carbocycles. The molecule has 1 N–H and O–H groups in total. The first kappa shape index (κ1) is 15.6. The van der Waals surface area contributed by atoms with Crippen LogP contribution in [0.5, 0.6) is 0 Å². The third-order valence-corrected chi connectivity index (χ3v) is 4.67. The van der Waals surface area contributed by atoms with Crippen LogP contribution in [0.1, 0.15) is 25.3 Å². The zero-order chi connectivity index (χ0) is 14.7. The van der Waals surface area contributed by atoms with Crippen LogP contribution in [-0.2, 0) is 11.2 Å². The average Bonchev–Trinajstić information content (AvgIpc) is 2.43. The molecule has 1 aromatic rings. The maximum absolute atomic E-state index is 12.3. The zero-order valence-corrected chi connectivity index (χ0v) is 13.0. The Morgan fingerprint density at radius 1 is 1.35 bits per heavy atom. The van der Waals surface area contributed by atoms with Gasteiger partial charge in [0.2, 0.25) is 5.91 Å². The van der Waals surface area contributed by atoms with Gasteiger partial charge in [0, 0.05) is 23.1 Å². The van der Waals surface area contributed by atoms with Crippen molar-refractivity contribution in [2.75, 3.05) is 13.1 Å². The number of aliphatic hydroxyl groups is 1. The molecule has 0 saturated carbocycles. The first-order valence-corrected chi connectivity index (χ1v) is 7.63. The van der Waals surface area contributed by atoms with Crippen molar-refractivity contribution in [3.8, 4) is 0 Å². The van der Waals surface area contributed by atoms with E-state index in [9.17, 15) is 9.90 Å². The number of benzene rings is 1. The Bertz CT molecular complexity index is 463. The Balaban J connectivity index is 1.96. The van der Waals surface area contributed by atoms with Crippen LogP contribution < -0.4 is 0 Å². The van der Waals surface area contributed by atoms with E-state index in [1.54, 1.807) is 18.2 Å². The standard InChI is InChI=1S/C15H19Cl2NO2/c1-10(19)11-5-7-18(8-6-11)15(20)9-12-13(16)3-2-4-14(12)17/h2-4,10-11,19H,5-9H2,1H3. The summed E-state index contributed by atoms with van der Waals surface area (Å²) >= 11 is 12.2. The van der Waals surface area contributed by atoms with E-state index in [0.717, 1.165) is 12.8 Å². The van der Waals surface area contributed by atoms with Crippen molar-refractivity contribution in [3.63, 3.8) is 0 Å². The van der Waals surface area contributed by atoms with Crippen molar-refractivity contribution in [1.82, 2.24) is 4.90 Å². The van der Waals surface area contributed by atoms with Crippen molar-refractivity contribution >= 4 is 29.1 Å². The zero-order valence-electron chi connectivity index (χ0n) is 11.5. The highest BCUT2D eigenvalue weighted by Gasteiger charge is 2.26. The fourth-order valence-electron chi connectivity index (χ4n) is 2.60. The van der Waals surface area contributed by atoms with Crippen molar-refractivity contribution in [1.29, 1.82) is 0 Å². The van der Waals surface area contributed by atoms with Gasteiger partial charge in [0.15, 0.2) is 0 Å². The van der Waals surface area contributed by atoms with Gasteiger partial charge in [-0.15, -0.1) is 0 Å². The largest absolute Gasteiger partial charge is 0.393 e. The van der Waals surface area contributed by atoms with Crippen LogP contribution >= 0.6 is 23.2 Å². The molecule has 110 valence electrons. The lowest BCUT2D eigenvalue weighted by Gasteiger charge is -2.33. The molecule has 0 radical (unpaired) electrons. The van der Waals surface area contributed by atoms with Crippen molar-refractivity contribution in [2.45, 2.75) is 32.3 Å². The van der Waals surface area contributed by atoms with Gasteiger partial charge in [0.25, 0.3) is 0 Å². The van der Waals surface area contributed by atoms with E-state index in [1.165, 1.54) is 0 Å². The van der Waals surface area contributed by atoms with Crippen LogP contribution in [0.15, 0.2) is 18.2 Å². The lowest BCUT2D eigenvalue weighted by atomic mass is 9.92. The number of carbonyl (C=O) groups excluding carboxylic acids is 1. The van der Waals surface area contributed by atoms with E-state index in [-0.39, 0.29) is 18.4 Å². The maximum atomic E-state index is 12.3. The number of rotatable bonds is 3. The molecular weight excluding hydrogens is 297 g/mol. The first-order chi connectivity index (χ1) is 9.49. The van der Waals surface area contributed by atoms with E-state index in [2.05, 4.69) is 0 Å². The highest BCUT2D eigenvalue weighted by atomic mass is 35.5. The fourth-order valence-corrected chi connectivity index (χ4v) is 3.13. The van der Waals surface area contributed by atoms with E-state index >= 15 is 0 Å². The lowest BCUT2D eigenvalue weighted by molar-refractivity contribution is -0.132. The second kappa shape index (κ2) is 6.79. The van der Waals surface area contributed by atoms with Crippen LogP contribution in [0.4, 0.5) is 0 Å². The van der Waals surface area contributed by atoms with Gasteiger partial charge < -0.3 is 10.0 Å². The minimum absolute atomic E-state index is 0.0454. The number of nitrogens with zero attached hydrogens (tertiary/aromatic N) is 1. The number of hydrogen-bond donors (Lipinski definition) is 1. The quantitative estimate of drug-likeness (QED) is 0.930. The van der Waals surface area contributed by atoms with Crippen LogP contribution in [0.3, 0.4) is 0 Å². The summed E-state index contributed by atoms with van der Waals surface area (Å²) in [5.41, 5.74) is 0.693. The lowest BCUT2D eigenvalue weighted by Crippen LogP contribution is -2.41. The second-order valence-corrected chi connectivity index (χ2v) is 6.15. The monoisotopic (exact) mass is 315 g/mol. The summed E-state index contributed by atoms with van der Waals surface area (Å²) in [6.45, 7) is 3.19. The molecule has 0 bridgehead atoms. The molecule has 5 heteroatoms. The van der Waals surface area contributed by atoms with Gasteiger partial charge in [0.1, 0.15) is 0 Å². The van der Waals surface area contributed by atoms with Gasteiger partial charge in [-0.25, -0.2) is 0 Å². The van der Waals surface area contributed by atoms with E-state index in [4.69, 9.17) is 23.2 Å². The summed E-state index contributed by atoms with van der Waals surface area (Å²) in [4.78, 5) is 14.1. The highest BCUT2D eigenvalue weighted by molar-refractivity contribution is 6.36. The van der Waals surface area contributed by atoms with Gasteiger partial charge >= 0.3 is 0 Å². The van der Waals surface area contributed by atoms with Gasteiger partial charge in [-0.3, -0.25) is 4.79 Å². The first-order valence-electron chi connectivity index (χ1n) is 6.87. The molecule has 1 amide bonds. The van der Waals surface area contributed by atoms with Crippen molar-refractivity contribution in [3.05, 3.63) is 33.8 Å². The predicted molar refractivity (Wildman–Crippen MR) is 81.2 cm³/mol. The number of piperidine rings is 1. The molecular formula is C15H19Cl2NO2. The van der Waals surface area contributed by atoms with E-state index in [1.807, 2.05) is 11.8 Å². The normalized spacial score (nSPS) is 18.1. The van der Waals surface area contributed by atoms with Crippen LogP contribution in [-0.4, -0.2) is 35.1 Å². The van der Waals surface area contributed by atoms with E-state index in [0.29, 0.717) is 34.6 Å². The number of aliphatic hydroxyl groups excluding tert-OH is 1. The van der Waals surface area contributed by atoms with Crippen molar-refractivity contribution < 1.29 is 9.90 Å². The Labute approximate surface area is 129 Å². The van der Waals surface area contributed by atoms with Crippen molar-refractivity contribution in [2.24, 2.45) is 5.92 Å². The maximum Gasteiger partial charge on any atom is 0.227 e. The molecule has 1 saturated heterocycles. The predicted octanol–water partition coefficient (Wildman–Crippen LogP) is 3.16. The minimum Gasteiger partial charge on any atom is -0.393 e. The second-order valence-electron chi connectivity index (χ2n) is 5.34. The average molecular weight is 316 g/mol. The summed E-state index contributed by atoms with van der Waals surface area (Å²) < 4.78 is 0. The van der Waals surface area contributed by atoms with Gasteiger partial charge in [-0.1, -0.05) is 29.3 Å². The molecule has 1 fully saturated rings. The number of likely N-dealkylation sites (tertiary alicyclic amines) is 1. The van der Waals surface area contributed by atoms with Crippen LogP contribution in [0.2, 0.25) is 10.0 Å². The van der Waals surface area contributed by atoms with Gasteiger partial charge in [-0.05, 0) is 43.4 Å². The highest BCUT2D eigenvalue weighted by Crippen LogP contribution is 2.26. The molecule has 1 atom stereocenters. The third kappa shape index (κ3) is 3.66. The Morgan fingerprint density at radius 3 is 2.40 bits per heavy atom. The summed E-state index contributed by atoms with van der Waals surface area (Å²) in [6, 6.07) is 5.26. The SMILES string of the molecule is CC(O)C1CCN(C(=O)Cc2c(Cl)cccc2Cl)CC1. The molecule has 0 aromatic heterocycles. The Hall–Kier alpha value is -0.770. The Morgan fingerprint density at radius 2 is 1.90 bits per heavy atom. The smallest absolute Gasteiger partial charge is 0.227 e. The third-order valence-electron chi connectivity index (χ3n) is 3.96. The molecule has 0 aliphatic carbocycles. The molecule has 1 aliphatic heterocycles. The molecule has 1 aliphatic rings. The summed E-state index contributed by atoms with van der Waals surface area (Å²) in [5.74, 6) is 0.340. The summed E-state index contributed by atoms with van der Waals surface area (Å²) in [5, 5.41) is 10.6. The van der Waals surface area contributed by atoms with Crippen LogP contribution in [0.25, 0.3) is 0 Å². The summed E-state index contributed by atoms with van der Waals surface area (Å²) in [7, 11) is 0. The minimum atomic E-state index is -0.301. The number of carbonyl (C=O) groups is 1. The molecule has 1 unspecified atom stereocenters. The number of amides is 1. The molecule has 2 rings (SSSR count). The number of hydrogen-bond acceptors (Lipinski definition) is 2.